The Morgan fingerprint density at radius 1 is 1.12 bits per heavy atom. The van der Waals surface area contributed by atoms with Gasteiger partial charge in [-0.15, -0.1) is 0 Å². The summed E-state index contributed by atoms with van der Waals surface area (Å²) in [5.74, 6) is -0.249. The number of piperidine rings is 1. The number of rotatable bonds is 6. The molecule has 1 atom stereocenters. The van der Waals surface area contributed by atoms with Crippen molar-refractivity contribution in [2.24, 2.45) is 5.92 Å². The number of hydrogen-bond donors (Lipinski definition) is 2. The maximum Gasteiger partial charge on any atom is 0.251 e. The lowest BCUT2D eigenvalue weighted by Crippen LogP contribution is -2.46. The zero-order valence-electron chi connectivity index (χ0n) is 14.1. The quantitative estimate of drug-likeness (QED) is 0.769. The first-order valence-electron chi connectivity index (χ1n) is 8.50. The normalized spacial score (nSPS) is 17.2. The van der Waals surface area contributed by atoms with Crippen LogP contribution in [0.25, 0.3) is 0 Å². The van der Waals surface area contributed by atoms with Crippen molar-refractivity contribution < 1.29 is 14.4 Å². The minimum absolute atomic E-state index is 0.0439. The van der Waals surface area contributed by atoms with Gasteiger partial charge in [0.1, 0.15) is 0 Å². The molecule has 6 nitrogen and oxygen atoms in total. The van der Waals surface area contributed by atoms with Gasteiger partial charge in [0, 0.05) is 38.2 Å². The SMILES string of the molecule is CCC(=O)N1CCC[C@H](C(=O)NCCNC(=O)c2ccccc2)C1. The summed E-state index contributed by atoms with van der Waals surface area (Å²) in [5, 5.41) is 5.62. The molecule has 0 spiro atoms. The van der Waals surface area contributed by atoms with Gasteiger partial charge in [-0.05, 0) is 25.0 Å². The van der Waals surface area contributed by atoms with Gasteiger partial charge < -0.3 is 15.5 Å². The van der Waals surface area contributed by atoms with Gasteiger partial charge in [0.05, 0.1) is 5.92 Å². The monoisotopic (exact) mass is 331 g/mol. The second-order valence-corrected chi connectivity index (χ2v) is 5.95. The van der Waals surface area contributed by atoms with Crippen LogP contribution in [0, 0.1) is 5.92 Å². The molecule has 3 amide bonds. The molecule has 0 unspecified atom stereocenters. The highest BCUT2D eigenvalue weighted by Crippen LogP contribution is 2.17. The van der Waals surface area contributed by atoms with Crippen LogP contribution in [0.1, 0.15) is 36.5 Å². The summed E-state index contributed by atoms with van der Waals surface area (Å²) in [4.78, 5) is 37.6. The molecular weight excluding hydrogens is 306 g/mol. The molecule has 1 aromatic carbocycles. The molecule has 1 aliphatic heterocycles. The van der Waals surface area contributed by atoms with E-state index in [1.165, 1.54) is 0 Å². The van der Waals surface area contributed by atoms with Gasteiger partial charge in [0.15, 0.2) is 0 Å². The molecule has 1 aromatic rings. The number of nitrogens with zero attached hydrogens (tertiary/aromatic N) is 1. The van der Waals surface area contributed by atoms with Crippen molar-refractivity contribution in [3.63, 3.8) is 0 Å². The first kappa shape index (κ1) is 18.0. The number of likely N-dealkylation sites (tertiary alicyclic amines) is 1. The maximum absolute atomic E-state index is 12.2. The Bertz CT molecular complexity index is 574. The average molecular weight is 331 g/mol. The number of nitrogens with one attached hydrogen (secondary N) is 2. The Hall–Kier alpha value is -2.37. The summed E-state index contributed by atoms with van der Waals surface area (Å²) in [6.07, 6.45) is 2.13. The van der Waals surface area contributed by atoms with Crippen molar-refractivity contribution in [2.45, 2.75) is 26.2 Å². The largest absolute Gasteiger partial charge is 0.354 e. The van der Waals surface area contributed by atoms with Crippen LogP contribution in [-0.4, -0.2) is 48.8 Å². The standard InChI is InChI=1S/C18H25N3O3/c1-2-16(22)21-12-6-9-15(13-21)18(24)20-11-10-19-17(23)14-7-4-3-5-8-14/h3-5,7-8,15H,2,6,9-13H2,1H3,(H,19,23)(H,20,24)/t15-/m0/s1. The molecule has 0 aliphatic carbocycles. The van der Waals surface area contributed by atoms with Crippen LogP contribution >= 0.6 is 0 Å². The van der Waals surface area contributed by atoms with Gasteiger partial charge in [-0.25, -0.2) is 0 Å². The topological polar surface area (TPSA) is 78.5 Å². The summed E-state index contributed by atoms with van der Waals surface area (Å²) in [7, 11) is 0. The minimum Gasteiger partial charge on any atom is -0.354 e. The number of hydrogen-bond acceptors (Lipinski definition) is 3. The molecule has 0 bridgehead atoms. The molecular formula is C18H25N3O3. The van der Waals surface area contributed by atoms with Crippen LogP contribution in [0.5, 0.6) is 0 Å². The van der Waals surface area contributed by atoms with E-state index in [-0.39, 0.29) is 23.6 Å². The number of carbonyl (C=O) groups excluding carboxylic acids is 3. The van der Waals surface area contributed by atoms with E-state index in [9.17, 15) is 14.4 Å². The zero-order valence-corrected chi connectivity index (χ0v) is 14.1. The van der Waals surface area contributed by atoms with Crippen molar-refractivity contribution in [3.05, 3.63) is 35.9 Å². The lowest BCUT2D eigenvalue weighted by Gasteiger charge is -2.31. The fraction of sp³-hybridized carbons (Fsp3) is 0.500. The third kappa shape index (κ3) is 5.08. The lowest BCUT2D eigenvalue weighted by molar-refractivity contribution is -0.135. The fourth-order valence-electron chi connectivity index (χ4n) is 2.84. The van der Waals surface area contributed by atoms with Gasteiger partial charge in [-0.2, -0.15) is 0 Å². The van der Waals surface area contributed by atoms with E-state index in [0.717, 1.165) is 19.4 Å². The van der Waals surface area contributed by atoms with Crippen LogP contribution in [0.4, 0.5) is 0 Å². The minimum atomic E-state index is -0.154. The van der Waals surface area contributed by atoms with Gasteiger partial charge in [-0.1, -0.05) is 25.1 Å². The number of amides is 3. The molecule has 2 rings (SSSR count). The van der Waals surface area contributed by atoms with E-state index in [1.807, 2.05) is 25.1 Å². The Balaban J connectivity index is 1.69. The molecule has 24 heavy (non-hydrogen) atoms. The Morgan fingerprint density at radius 2 is 1.83 bits per heavy atom. The van der Waals surface area contributed by atoms with E-state index in [1.54, 1.807) is 17.0 Å². The Labute approximate surface area is 142 Å². The molecule has 0 saturated carbocycles. The van der Waals surface area contributed by atoms with Crippen molar-refractivity contribution >= 4 is 17.7 Å². The summed E-state index contributed by atoms with van der Waals surface area (Å²) in [6.45, 7) is 3.83. The highest BCUT2D eigenvalue weighted by atomic mass is 16.2. The highest BCUT2D eigenvalue weighted by molar-refractivity contribution is 5.94. The van der Waals surface area contributed by atoms with Crippen molar-refractivity contribution in [3.8, 4) is 0 Å². The fourth-order valence-corrected chi connectivity index (χ4v) is 2.84. The molecule has 1 fully saturated rings. The smallest absolute Gasteiger partial charge is 0.251 e. The molecule has 1 saturated heterocycles. The Morgan fingerprint density at radius 3 is 2.54 bits per heavy atom. The first-order valence-corrected chi connectivity index (χ1v) is 8.50. The average Bonchev–Trinajstić information content (AvgIpc) is 2.65. The van der Waals surface area contributed by atoms with Crippen LogP contribution in [0.15, 0.2) is 30.3 Å². The van der Waals surface area contributed by atoms with Gasteiger partial charge >= 0.3 is 0 Å². The molecule has 1 aliphatic rings. The Kier molecular flexibility index (Phi) is 6.78. The molecule has 6 heteroatoms. The van der Waals surface area contributed by atoms with Crippen LogP contribution in [-0.2, 0) is 9.59 Å². The molecule has 2 N–H and O–H groups in total. The van der Waals surface area contributed by atoms with Crippen LogP contribution in [0.3, 0.4) is 0 Å². The van der Waals surface area contributed by atoms with Crippen molar-refractivity contribution in [1.29, 1.82) is 0 Å². The predicted octanol–water partition coefficient (Wildman–Crippen LogP) is 1.18. The third-order valence-electron chi connectivity index (χ3n) is 4.19. The van der Waals surface area contributed by atoms with E-state index in [2.05, 4.69) is 10.6 Å². The maximum atomic E-state index is 12.2. The van der Waals surface area contributed by atoms with E-state index < -0.39 is 0 Å². The highest BCUT2D eigenvalue weighted by Gasteiger charge is 2.27. The van der Waals surface area contributed by atoms with E-state index in [4.69, 9.17) is 0 Å². The first-order chi connectivity index (χ1) is 11.6. The summed E-state index contributed by atoms with van der Waals surface area (Å²) < 4.78 is 0. The summed E-state index contributed by atoms with van der Waals surface area (Å²) >= 11 is 0. The summed E-state index contributed by atoms with van der Waals surface area (Å²) in [6, 6.07) is 8.96. The lowest BCUT2D eigenvalue weighted by atomic mass is 9.97. The second-order valence-electron chi connectivity index (χ2n) is 5.95. The van der Waals surface area contributed by atoms with Crippen LogP contribution < -0.4 is 10.6 Å². The number of benzene rings is 1. The van der Waals surface area contributed by atoms with E-state index in [0.29, 0.717) is 31.6 Å². The number of carbonyl (C=O) groups is 3. The predicted molar refractivity (Wildman–Crippen MR) is 91.4 cm³/mol. The van der Waals surface area contributed by atoms with Crippen molar-refractivity contribution in [1.82, 2.24) is 15.5 Å². The van der Waals surface area contributed by atoms with Gasteiger partial charge in [0.25, 0.3) is 5.91 Å². The van der Waals surface area contributed by atoms with Crippen molar-refractivity contribution in [2.75, 3.05) is 26.2 Å². The third-order valence-corrected chi connectivity index (χ3v) is 4.19. The molecule has 1 heterocycles. The zero-order chi connectivity index (χ0) is 17.4. The molecule has 0 aromatic heterocycles. The van der Waals surface area contributed by atoms with Gasteiger partial charge in [0.2, 0.25) is 11.8 Å². The second kappa shape index (κ2) is 9.05. The molecule has 0 radical (unpaired) electrons. The van der Waals surface area contributed by atoms with Gasteiger partial charge in [-0.3, -0.25) is 14.4 Å². The van der Waals surface area contributed by atoms with Crippen LogP contribution in [0.2, 0.25) is 0 Å². The van der Waals surface area contributed by atoms with E-state index >= 15 is 0 Å². The summed E-state index contributed by atoms with van der Waals surface area (Å²) in [5.41, 5.74) is 0.602. The molecule has 130 valence electrons.